The molecule has 0 saturated heterocycles. The fraction of sp³-hybridized carbons (Fsp3) is 0.526. The molecule has 1 aliphatic rings. The summed E-state index contributed by atoms with van der Waals surface area (Å²) in [6.07, 6.45) is 0.388. The summed E-state index contributed by atoms with van der Waals surface area (Å²) in [5.41, 5.74) is 21.7. The average molecular weight is 847 g/mol. The third-order valence-corrected chi connectivity index (χ3v) is 8.11. The number of amides is 3. The molecule has 55 heavy (non-hydrogen) atoms. The predicted molar refractivity (Wildman–Crippen MR) is 209 cm³/mol. The van der Waals surface area contributed by atoms with Crippen molar-refractivity contribution in [3.63, 3.8) is 0 Å². The second-order valence-electron chi connectivity index (χ2n) is 12.1. The number of Topliss-reactive ketones (excluding diaryl/α,β-unsaturated/α-hetero) is 1. The summed E-state index contributed by atoms with van der Waals surface area (Å²) in [7, 11) is 6.70. The number of nitrogens with one attached hydrogen (secondary N) is 6. The number of likely N-dealkylation sites (N-methyl/N-ethyl adjacent to an activating group) is 2. The zero-order valence-corrected chi connectivity index (χ0v) is 36.0. The summed E-state index contributed by atoms with van der Waals surface area (Å²) in [4.78, 5) is 67.9. The van der Waals surface area contributed by atoms with Crippen LogP contribution in [-0.4, -0.2) is 114 Å². The third-order valence-electron chi connectivity index (χ3n) is 8.11. The van der Waals surface area contributed by atoms with Crippen molar-refractivity contribution < 1.29 is 71.3 Å². The Labute approximate surface area is 350 Å². The first kappa shape index (κ1) is 53.5. The van der Waals surface area contributed by atoms with E-state index in [1.807, 2.05) is 38.1 Å². The second-order valence-corrected chi connectivity index (χ2v) is 12.1. The Morgan fingerprint density at radius 3 is 1.65 bits per heavy atom. The van der Waals surface area contributed by atoms with Crippen LogP contribution in [0, 0.1) is 11.8 Å². The number of nitrogens with two attached hydrogens (primary N) is 2. The van der Waals surface area contributed by atoms with Gasteiger partial charge in [-0.15, -0.1) is 0 Å². The molecule has 0 saturated carbocycles. The first-order valence-corrected chi connectivity index (χ1v) is 18.0. The van der Waals surface area contributed by atoms with E-state index in [9.17, 15) is 28.8 Å². The number of primary amides is 1. The van der Waals surface area contributed by atoms with Crippen LogP contribution >= 0.6 is 0 Å². The molecule has 4 atom stereocenters. The maximum absolute atomic E-state index is 12.1. The Bertz CT molecular complexity index is 1430. The average Bonchev–Trinajstić information content (AvgIpc) is 3.48. The normalized spacial score (nSPS) is 13.0. The molecule has 0 spiro atoms. The van der Waals surface area contributed by atoms with Crippen LogP contribution in [0.2, 0.25) is 0 Å². The van der Waals surface area contributed by atoms with Crippen LogP contribution < -0.4 is 38.1 Å². The van der Waals surface area contributed by atoms with Crippen molar-refractivity contribution in [3.8, 4) is 11.1 Å². The first-order chi connectivity index (χ1) is 25.7. The largest absolute Gasteiger partial charge is 0.666 e. The Hall–Kier alpha value is -3.64. The topological polar surface area (TPSA) is 268 Å². The molecule has 1 radical (unpaired) electrons. The van der Waals surface area contributed by atoms with Crippen molar-refractivity contribution in [2.75, 3.05) is 61.0 Å². The van der Waals surface area contributed by atoms with Gasteiger partial charge in [0.2, 0.25) is 11.8 Å². The quantitative estimate of drug-likeness (QED) is 0.0872. The minimum atomic E-state index is -0.997. The van der Waals surface area contributed by atoms with Crippen molar-refractivity contribution in [1.82, 2.24) is 26.6 Å². The van der Waals surface area contributed by atoms with Crippen LogP contribution in [0.1, 0.15) is 57.1 Å². The van der Waals surface area contributed by atoms with E-state index in [2.05, 4.69) is 50.8 Å². The fourth-order valence-corrected chi connectivity index (χ4v) is 5.32. The number of carbonyl (C=O) groups is 6. The van der Waals surface area contributed by atoms with E-state index < -0.39 is 47.7 Å². The van der Waals surface area contributed by atoms with Crippen LogP contribution in [0.3, 0.4) is 0 Å². The molecule has 0 heterocycles. The summed E-state index contributed by atoms with van der Waals surface area (Å²) in [5.74, 6) is -4.49. The molecule has 305 valence electrons. The number of aliphatic carboxylic acids is 1. The van der Waals surface area contributed by atoms with Gasteiger partial charge in [0.05, 0.1) is 36.2 Å². The Morgan fingerprint density at radius 2 is 1.25 bits per heavy atom. The van der Waals surface area contributed by atoms with E-state index in [0.29, 0.717) is 19.5 Å². The monoisotopic (exact) mass is 846 g/mol. The minimum absolute atomic E-state index is 0. The SMILES string of the molecule is CC.CCC(=O)C[C@@H](CNC)C(=O)N[C@@H](CNC)C([NH-])=O.CNC[C@H](CC(=O)OCC1c2ccccc2-c2ccccc21)C(=O)O.CNC[C@H](N)C(N)=O.[Y]. The van der Waals surface area contributed by atoms with Crippen LogP contribution in [-0.2, 0) is 66.2 Å². The van der Waals surface area contributed by atoms with Gasteiger partial charge in [-0.2, -0.15) is 0 Å². The van der Waals surface area contributed by atoms with E-state index >= 15 is 0 Å². The minimum Gasteiger partial charge on any atom is -0.666 e. The van der Waals surface area contributed by atoms with Gasteiger partial charge < -0.3 is 58.4 Å². The van der Waals surface area contributed by atoms with Crippen molar-refractivity contribution in [1.29, 1.82) is 0 Å². The van der Waals surface area contributed by atoms with Crippen molar-refractivity contribution >= 4 is 35.4 Å². The summed E-state index contributed by atoms with van der Waals surface area (Å²) >= 11 is 0. The van der Waals surface area contributed by atoms with E-state index in [1.165, 1.54) is 0 Å². The Morgan fingerprint density at radius 1 is 0.782 bits per heavy atom. The molecule has 16 nitrogen and oxygen atoms in total. The zero-order chi connectivity index (χ0) is 41.2. The number of carbonyl (C=O) groups excluding carboxylic acids is 5. The van der Waals surface area contributed by atoms with Crippen molar-refractivity contribution in [2.45, 2.75) is 58.0 Å². The van der Waals surface area contributed by atoms with Gasteiger partial charge in [0.15, 0.2) is 0 Å². The zero-order valence-electron chi connectivity index (χ0n) is 33.2. The number of benzene rings is 2. The smallest absolute Gasteiger partial charge is 0.308 e. The number of hydrogen-bond acceptors (Lipinski definition) is 12. The van der Waals surface area contributed by atoms with Gasteiger partial charge in [0.1, 0.15) is 12.4 Å². The molecular weight excluding hydrogens is 785 g/mol. The molecular formula is C38H61N8O8Y-. The molecule has 0 unspecified atom stereocenters. The number of carboxylic acid groups (broad SMARTS) is 1. The molecule has 3 amide bonds. The fourth-order valence-electron chi connectivity index (χ4n) is 5.32. The van der Waals surface area contributed by atoms with Gasteiger partial charge in [0.25, 0.3) is 0 Å². The standard InChI is InChI=1S/C20H21NO4.C12H24N4O3.C4H11N3O.C2H6.Y/c1-21-11-13(20(23)24)10-19(22)25-12-18-16-8-4-2-6-14(16)15-7-3-5-9-17(15)18;1-4-9(17)5-8(6-14-2)12(19)16-10(7-15-3)11(13)18;1-7-2-3(5)4(6)8;1-2;/h2-9,13,18,21H,10-12H2,1H3,(H,23,24);8,10,14-15H,4-7H2,1-3H3,(H3,13,16,18,19);3,7H,2,5H2,1H3,(H2,6,8);1-2H3;/p-1/t13-;8-,10-;3-;;/m000../s1. The van der Waals surface area contributed by atoms with Crippen molar-refractivity contribution in [3.05, 3.63) is 65.4 Å². The molecule has 2 aromatic carbocycles. The molecule has 1 aliphatic carbocycles. The molecule has 2 aromatic rings. The molecule has 0 fully saturated rings. The van der Waals surface area contributed by atoms with E-state index in [4.69, 9.17) is 27.0 Å². The second kappa shape index (κ2) is 30.6. The summed E-state index contributed by atoms with van der Waals surface area (Å²) in [6.45, 7) is 7.19. The van der Waals surface area contributed by atoms with Gasteiger partial charge >= 0.3 is 11.9 Å². The summed E-state index contributed by atoms with van der Waals surface area (Å²) in [5, 5.41) is 22.8. The van der Waals surface area contributed by atoms with Crippen LogP contribution in [0.25, 0.3) is 16.9 Å². The summed E-state index contributed by atoms with van der Waals surface area (Å²) < 4.78 is 5.44. The maximum Gasteiger partial charge on any atom is 0.308 e. The van der Waals surface area contributed by atoms with Gasteiger partial charge in [-0.1, -0.05) is 69.3 Å². The molecule has 3 rings (SSSR count). The number of hydrogen-bond donors (Lipinski definition) is 8. The van der Waals surface area contributed by atoms with E-state index in [1.54, 1.807) is 35.1 Å². The van der Waals surface area contributed by atoms with Gasteiger partial charge in [-0.3, -0.25) is 24.0 Å². The van der Waals surface area contributed by atoms with Crippen LogP contribution in [0.4, 0.5) is 0 Å². The molecule has 0 aromatic heterocycles. The Balaban J connectivity index is 0. The number of fused-ring (bicyclic) bond motifs is 3. The van der Waals surface area contributed by atoms with Crippen LogP contribution in [0.5, 0.6) is 0 Å². The van der Waals surface area contributed by atoms with Gasteiger partial charge in [-0.25, -0.2) is 0 Å². The number of carboxylic acids is 1. The van der Waals surface area contributed by atoms with Gasteiger partial charge in [0, 0.05) is 77.6 Å². The number of ether oxygens (including phenoxy) is 1. The number of esters is 1. The van der Waals surface area contributed by atoms with E-state index in [-0.39, 0.29) is 82.9 Å². The van der Waals surface area contributed by atoms with E-state index in [0.717, 1.165) is 22.3 Å². The first-order valence-electron chi connectivity index (χ1n) is 18.0. The third kappa shape index (κ3) is 19.7. The molecule has 0 aliphatic heterocycles. The molecule has 0 bridgehead atoms. The molecule has 17 heteroatoms. The summed E-state index contributed by atoms with van der Waals surface area (Å²) in [6, 6.07) is 14.8. The molecule has 11 N–H and O–H groups in total. The van der Waals surface area contributed by atoms with Gasteiger partial charge in [-0.05, 0) is 50.4 Å². The Kier molecular flexibility index (Phi) is 29.7. The van der Waals surface area contributed by atoms with Crippen molar-refractivity contribution in [2.24, 2.45) is 23.3 Å². The number of rotatable bonds is 20. The van der Waals surface area contributed by atoms with Crippen LogP contribution in [0.15, 0.2) is 48.5 Å². The maximum atomic E-state index is 12.1. The predicted octanol–water partition coefficient (Wildman–Crippen LogP) is 1.17. The number of ketones is 1.